The van der Waals surface area contributed by atoms with Gasteiger partial charge in [0.05, 0.1) is 6.10 Å². The van der Waals surface area contributed by atoms with Gasteiger partial charge in [0.15, 0.2) is 0 Å². The maximum atomic E-state index is 5.52. The zero-order valence-corrected chi connectivity index (χ0v) is 13.1. The Morgan fingerprint density at radius 2 is 2.15 bits per heavy atom. The Labute approximate surface area is 121 Å². The van der Waals surface area contributed by atoms with E-state index in [2.05, 4.69) is 36.0 Å². The molecule has 5 nitrogen and oxygen atoms in total. The van der Waals surface area contributed by atoms with Gasteiger partial charge in [-0.1, -0.05) is 6.92 Å². The Kier molecular flexibility index (Phi) is 5.17. The summed E-state index contributed by atoms with van der Waals surface area (Å²) in [5.74, 6) is 2.93. The average Bonchev–Trinajstić information content (AvgIpc) is 2.49. The van der Waals surface area contributed by atoms with Gasteiger partial charge in [-0.15, -0.1) is 0 Å². The summed E-state index contributed by atoms with van der Waals surface area (Å²) in [5.41, 5.74) is 1.14. The number of methoxy groups -OCH3 is 1. The molecule has 0 bridgehead atoms. The number of hydrogen-bond donors (Lipinski definition) is 1. The summed E-state index contributed by atoms with van der Waals surface area (Å²) in [6.45, 7) is 9.13. The van der Waals surface area contributed by atoms with Crippen molar-refractivity contribution in [2.45, 2.75) is 46.1 Å². The zero-order valence-electron chi connectivity index (χ0n) is 13.1. The minimum atomic E-state index is 0.311. The second kappa shape index (κ2) is 6.88. The molecule has 0 aliphatic carbocycles. The van der Waals surface area contributed by atoms with Crippen LogP contribution < -0.4 is 10.2 Å². The number of ether oxygens (including phenoxy) is 1. The van der Waals surface area contributed by atoms with Crippen LogP contribution in [-0.2, 0) is 11.2 Å². The molecule has 1 fully saturated rings. The van der Waals surface area contributed by atoms with Crippen LogP contribution in [0.25, 0.3) is 0 Å². The molecule has 0 amide bonds. The molecule has 1 unspecified atom stereocenters. The third-order valence-corrected chi connectivity index (χ3v) is 3.84. The van der Waals surface area contributed by atoms with Crippen molar-refractivity contribution in [1.82, 2.24) is 9.97 Å². The quantitative estimate of drug-likeness (QED) is 0.896. The molecule has 0 aromatic carbocycles. The highest BCUT2D eigenvalue weighted by molar-refractivity contribution is 5.59. The SMILES string of the molecule is CCNc1nc(CC)nc(N2CCCC(OC)C2)c1C. The van der Waals surface area contributed by atoms with E-state index in [0.717, 1.165) is 61.9 Å². The Bertz CT molecular complexity index is 450. The highest BCUT2D eigenvalue weighted by Gasteiger charge is 2.23. The number of rotatable bonds is 5. The Hall–Kier alpha value is -1.36. The molecule has 5 heteroatoms. The van der Waals surface area contributed by atoms with Gasteiger partial charge in [-0.2, -0.15) is 0 Å². The lowest BCUT2D eigenvalue weighted by Gasteiger charge is -2.34. The smallest absolute Gasteiger partial charge is 0.137 e. The van der Waals surface area contributed by atoms with Gasteiger partial charge in [0.25, 0.3) is 0 Å². The number of nitrogens with zero attached hydrogens (tertiary/aromatic N) is 3. The molecule has 112 valence electrons. The van der Waals surface area contributed by atoms with Gasteiger partial charge >= 0.3 is 0 Å². The fourth-order valence-corrected chi connectivity index (χ4v) is 2.68. The van der Waals surface area contributed by atoms with Crippen LogP contribution in [0.4, 0.5) is 11.6 Å². The third-order valence-electron chi connectivity index (χ3n) is 3.84. The van der Waals surface area contributed by atoms with Crippen LogP contribution in [0.2, 0.25) is 0 Å². The first-order valence-corrected chi connectivity index (χ1v) is 7.58. The van der Waals surface area contributed by atoms with Crippen molar-refractivity contribution < 1.29 is 4.74 Å². The van der Waals surface area contributed by atoms with Crippen molar-refractivity contribution >= 4 is 11.6 Å². The van der Waals surface area contributed by atoms with E-state index in [1.54, 1.807) is 7.11 Å². The maximum absolute atomic E-state index is 5.52. The summed E-state index contributed by atoms with van der Waals surface area (Å²) in [7, 11) is 1.79. The van der Waals surface area contributed by atoms with Crippen molar-refractivity contribution in [1.29, 1.82) is 0 Å². The number of aromatic nitrogens is 2. The van der Waals surface area contributed by atoms with Crippen LogP contribution in [0.1, 0.15) is 38.1 Å². The Balaban J connectivity index is 2.31. The van der Waals surface area contributed by atoms with Gasteiger partial charge in [0.1, 0.15) is 17.5 Å². The van der Waals surface area contributed by atoms with Crippen LogP contribution >= 0.6 is 0 Å². The number of anilines is 2. The highest BCUT2D eigenvalue weighted by atomic mass is 16.5. The monoisotopic (exact) mass is 278 g/mol. The second-order valence-corrected chi connectivity index (χ2v) is 5.27. The van der Waals surface area contributed by atoms with Gasteiger partial charge in [-0.3, -0.25) is 0 Å². The van der Waals surface area contributed by atoms with E-state index in [0.29, 0.717) is 6.10 Å². The maximum Gasteiger partial charge on any atom is 0.137 e. The number of piperidine rings is 1. The van der Waals surface area contributed by atoms with Crippen molar-refractivity contribution in [3.8, 4) is 0 Å². The molecule has 2 heterocycles. The van der Waals surface area contributed by atoms with E-state index in [1.165, 1.54) is 0 Å². The van der Waals surface area contributed by atoms with Crippen molar-refractivity contribution in [2.75, 3.05) is 37.0 Å². The molecule has 1 N–H and O–H groups in total. The lowest BCUT2D eigenvalue weighted by Crippen LogP contribution is -2.40. The Morgan fingerprint density at radius 1 is 1.35 bits per heavy atom. The molecule has 1 aromatic rings. The average molecular weight is 278 g/mol. The summed E-state index contributed by atoms with van der Waals surface area (Å²) >= 11 is 0. The summed E-state index contributed by atoms with van der Waals surface area (Å²) in [6, 6.07) is 0. The van der Waals surface area contributed by atoms with Gasteiger partial charge in [0.2, 0.25) is 0 Å². The lowest BCUT2D eigenvalue weighted by molar-refractivity contribution is 0.0891. The second-order valence-electron chi connectivity index (χ2n) is 5.27. The molecule has 0 saturated carbocycles. The van der Waals surface area contributed by atoms with Gasteiger partial charge in [-0.05, 0) is 26.7 Å². The van der Waals surface area contributed by atoms with E-state index in [1.807, 2.05) is 0 Å². The first-order valence-electron chi connectivity index (χ1n) is 7.58. The predicted octanol–water partition coefficient (Wildman–Crippen LogP) is 2.39. The number of nitrogens with one attached hydrogen (secondary N) is 1. The molecular formula is C15H26N4O. The molecule has 1 aliphatic heterocycles. The van der Waals surface area contributed by atoms with E-state index in [9.17, 15) is 0 Å². The summed E-state index contributed by atoms with van der Waals surface area (Å²) in [4.78, 5) is 11.7. The topological polar surface area (TPSA) is 50.3 Å². The molecule has 1 saturated heterocycles. The zero-order chi connectivity index (χ0) is 14.5. The molecule has 2 rings (SSSR count). The fourth-order valence-electron chi connectivity index (χ4n) is 2.68. The van der Waals surface area contributed by atoms with Crippen LogP contribution in [0.15, 0.2) is 0 Å². The molecule has 20 heavy (non-hydrogen) atoms. The third kappa shape index (κ3) is 3.20. The Morgan fingerprint density at radius 3 is 2.80 bits per heavy atom. The van der Waals surface area contributed by atoms with Gasteiger partial charge in [0, 0.05) is 38.7 Å². The number of aryl methyl sites for hydroxylation is 1. The van der Waals surface area contributed by atoms with Crippen LogP contribution in [0.5, 0.6) is 0 Å². The van der Waals surface area contributed by atoms with Gasteiger partial charge in [-0.25, -0.2) is 9.97 Å². The molecule has 1 atom stereocenters. The summed E-state index contributed by atoms with van der Waals surface area (Å²) in [5, 5.41) is 3.35. The molecule has 0 spiro atoms. The standard InChI is InChI=1S/C15H26N4O/c1-5-13-17-14(16-6-2)11(3)15(18-13)19-9-7-8-12(10-19)20-4/h12H,5-10H2,1-4H3,(H,16,17,18). The highest BCUT2D eigenvalue weighted by Crippen LogP contribution is 2.27. The van der Waals surface area contributed by atoms with E-state index in [4.69, 9.17) is 9.72 Å². The molecule has 1 aromatic heterocycles. The fraction of sp³-hybridized carbons (Fsp3) is 0.733. The normalized spacial score (nSPS) is 19.2. The van der Waals surface area contributed by atoms with Crippen molar-refractivity contribution in [3.63, 3.8) is 0 Å². The lowest BCUT2D eigenvalue weighted by atomic mass is 10.1. The molecule has 1 aliphatic rings. The van der Waals surface area contributed by atoms with Crippen LogP contribution in [-0.4, -0.2) is 42.8 Å². The number of hydrogen-bond acceptors (Lipinski definition) is 5. The van der Waals surface area contributed by atoms with Crippen molar-refractivity contribution in [2.24, 2.45) is 0 Å². The largest absolute Gasteiger partial charge is 0.380 e. The van der Waals surface area contributed by atoms with Crippen LogP contribution in [0.3, 0.4) is 0 Å². The summed E-state index contributed by atoms with van der Waals surface area (Å²) in [6.07, 6.45) is 3.45. The van der Waals surface area contributed by atoms with Gasteiger partial charge < -0.3 is 15.0 Å². The van der Waals surface area contributed by atoms with Crippen molar-refractivity contribution in [3.05, 3.63) is 11.4 Å². The predicted molar refractivity (Wildman–Crippen MR) is 82.6 cm³/mol. The van der Waals surface area contributed by atoms with E-state index in [-0.39, 0.29) is 0 Å². The first kappa shape index (κ1) is 15.0. The summed E-state index contributed by atoms with van der Waals surface area (Å²) < 4.78 is 5.52. The minimum absolute atomic E-state index is 0.311. The van der Waals surface area contributed by atoms with Crippen LogP contribution in [0, 0.1) is 6.92 Å². The van der Waals surface area contributed by atoms with E-state index >= 15 is 0 Å². The molecule has 0 radical (unpaired) electrons. The first-order chi connectivity index (χ1) is 9.69. The minimum Gasteiger partial charge on any atom is -0.380 e. The van der Waals surface area contributed by atoms with E-state index < -0.39 is 0 Å². The molecular weight excluding hydrogens is 252 g/mol.